The summed E-state index contributed by atoms with van der Waals surface area (Å²) in [5.74, 6) is 0.256. The fourth-order valence-corrected chi connectivity index (χ4v) is 2.71. The molecular formula is C20H21N3O3. The molecule has 1 unspecified atom stereocenters. The normalized spacial score (nSPS) is 12.0. The van der Waals surface area contributed by atoms with Gasteiger partial charge in [-0.15, -0.1) is 0 Å². The molecule has 0 aliphatic heterocycles. The second-order valence-corrected chi connectivity index (χ2v) is 6.03. The van der Waals surface area contributed by atoms with E-state index in [-0.39, 0.29) is 6.10 Å². The third kappa shape index (κ3) is 3.50. The summed E-state index contributed by atoms with van der Waals surface area (Å²) < 4.78 is 12.0. The predicted molar refractivity (Wildman–Crippen MR) is 98.3 cm³/mol. The first-order valence-corrected chi connectivity index (χ1v) is 8.27. The molecule has 0 aliphatic carbocycles. The van der Waals surface area contributed by atoms with Crippen molar-refractivity contribution in [2.75, 3.05) is 14.2 Å². The molecule has 0 saturated carbocycles. The summed E-state index contributed by atoms with van der Waals surface area (Å²) in [4.78, 5) is 16.4. The van der Waals surface area contributed by atoms with Crippen molar-refractivity contribution in [3.05, 3.63) is 65.7 Å². The van der Waals surface area contributed by atoms with Gasteiger partial charge in [0, 0.05) is 7.11 Å². The number of carbonyl (C=O) groups excluding carboxylic acids is 1. The Morgan fingerprint density at radius 1 is 1.08 bits per heavy atom. The van der Waals surface area contributed by atoms with Gasteiger partial charge < -0.3 is 9.47 Å². The Labute approximate surface area is 152 Å². The number of esters is 1. The van der Waals surface area contributed by atoms with E-state index in [1.54, 1.807) is 17.9 Å². The standard InChI is InChI=1S/C20H21N3O3/c1-13-5-7-15(8-6-13)16-9-17(20(24)26-4)11-18(10-16)23-19(14(2)25-3)21-12-22-23/h5-12,14H,1-4H3. The zero-order chi connectivity index (χ0) is 18.7. The highest BCUT2D eigenvalue weighted by Gasteiger charge is 2.17. The van der Waals surface area contributed by atoms with Crippen LogP contribution in [0.5, 0.6) is 0 Å². The van der Waals surface area contributed by atoms with Gasteiger partial charge in [-0.25, -0.2) is 14.5 Å². The largest absolute Gasteiger partial charge is 0.465 e. The van der Waals surface area contributed by atoms with Gasteiger partial charge in [0.05, 0.1) is 18.4 Å². The molecule has 0 N–H and O–H groups in total. The fourth-order valence-electron chi connectivity index (χ4n) is 2.71. The van der Waals surface area contributed by atoms with Crippen LogP contribution in [0.3, 0.4) is 0 Å². The molecule has 0 amide bonds. The van der Waals surface area contributed by atoms with Crippen molar-refractivity contribution >= 4 is 5.97 Å². The Bertz CT molecular complexity index is 916. The smallest absolute Gasteiger partial charge is 0.337 e. The number of aromatic nitrogens is 3. The number of carbonyl (C=O) groups is 1. The van der Waals surface area contributed by atoms with Crippen molar-refractivity contribution in [3.8, 4) is 16.8 Å². The van der Waals surface area contributed by atoms with Crippen LogP contribution in [0.15, 0.2) is 48.8 Å². The molecule has 26 heavy (non-hydrogen) atoms. The molecule has 0 saturated heterocycles. The van der Waals surface area contributed by atoms with Crippen LogP contribution in [0.25, 0.3) is 16.8 Å². The lowest BCUT2D eigenvalue weighted by atomic mass is 10.0. The highest BCUT2D eigenvalue weighted by Crippen LogP contribution is 2.26. The van der Waals surface area contributed by atoms with Crippen LogP contribution in [-0.2, 0) is 9.47 Å². The van der Waals surface area contributed by atoms with E-state index in [0.29, 0.717) is 11.4 Å². The van der Waals surface area contributed by atoms with Gasteiger partial charge in [-0.3, -0.25) is 0 Å². The molecule has 1 atom stereocenters. The van der Waals surface area contributed by atoms with Crippen LogP contribution in [0, 0.1) is 6.92 Å². The summed E-state index contributed by atoms with van der Waals surface area (Å²) >= 11 is 0. The second-order valence-electron chi connectivity index (χ2n) is 6.03. The zero-order valence-corrected chi connectivity index (χ0v) is 15.3. The molecule has 6 heteroatoms. The molecule has 134 valence electrons. The van der Waals surface area contributed by atoms with Crippen molar-refractivity contribution < 1.29 is 14.3 Å². The van der Waals surface area contributed by atoms with Crippen LogP contribution in [0.2, 0.25) is 0 Å². The maximum atomic E-state index is 12.2. The van der Waals surface area contributed by atoms with E-state index in [4.69, 9.17) is 9.47 Å². The van der Waals surface area contributed by atoms with E-state index in [9.17, 15) is 4.79 Å². The van der Waals surface area contributed by atoms with Gasteiger partial charge in [0.1, 0.15) is 12.4 Å². The zero-order valence-electron chi connectivity index (χ0n) is 15.3. The molecule has 2 aromatic carbocycles. The minimum atomic E-state index is -0.401. The van der Waals surface area contributed by atoms with Crippen LogP contribution in [-0.4, -0.2) is 35.0 Å². The number of hydrogen-bond donors (Lipinski definition) is 0. The fraction of sp³-hybridized carbons (Fsp3) is 0.250. The molecule has 0 bridgehead atoms. The number of ether oxygens (including phenoxy) is 2. The number of benzene rings is 2. The van der Waals surface area contributed by atoms with E-state index < -0.39 is 5.97 Å². The minimum Gasteiger partial charge on any atom is -0.465 e. The minimum absolute atomic E-state index is 0.234. The maximum Gasteiger partial charge on any atom is 0.337 e. The van der Waals surface area contributed by atoms with E-state index in [2.05, 4.69) is 10.1 Å². The number of nitrogens with zero attached hydrogens (tertiary/aromatic N) is 3. The van der Waals surface area contributed by atoms with Crippen molar-refractivity contribution in [2.45, 2.75) is 20.0 Å². The van der Waals surface area contributed by atoms with E-state index in [1.807, 2.05) is 50.2 Å². The first-order valence-electron chi connectivity index (χ1n) is 8.27. The third-order valence-electron chi connectivity index (χ3n) is 4.26. The molecule has 0 fully saturated rings. The van der Waals surface area contributed by atoms with Gasteiger partial charge in [0.2, 0.25) is 0 Å². The van der Waals surface area contributed by atoms with E-state index in [0.717, 1.165) is 16.8 Å². The summed E-state index contributed by atoms with van der Waals surface area (Å²) in [5.41, 5.74) is 4.25. The Morgan fingerprint density at radius 2 is 1.81 bits per heavy atom. The lowest BCUT2D eigenvalue weighted by Gasteiger charge is -2.14. The average molecular weight is 351 g/mol. The number of aryl methyl sites for hydroxylation is 1. The Balaban J connectivity index is 2.16. The first kappa shape index (κ1) is 17.8. The molecule has 6 nitrogen and oxygen atoms in total. The molecule has 0 spiro atoms. The number of hydrogen-bond acceptors (Lipinski definition) is 5. The topological polar surface area (TPSA) is 66.2 Å². The molecule has 1 heterocycles. The Kier molecular flexibility index (Phi) is 5.14. The summed E-state index contributed by atoms with van der Waals surface area (Å²) in [6, 6.07) is 13.6. The quantitative estimate of drug-likeness (QED) is 0.655. The molecular weight excluding hydrogens is 330 g/mol. The average Bonchev–Trinajstić information content (AvgIpc) is 3.16. The van der Waals surface area contributed by atoms with E-state index >= 15 is 0 Å². The van der Waals surface area contributed by atoms with Crippen molar-refractivity contribution in [1.82, 2.24) is 14.8 Å². The highest BCUT2D eigenvalue weighted by molar-refractivity contribution is 5.92. The van der Waals surface area contributed by atoms with Crippen LogP contribution in [0.4, 0.5) is 0 Å². The van der Waals surface area contributed by atoms with E-state index in [1.165, 1.54) is 19.0 Å². The summed E-state index contributed by atoms with van der Waals surface area (Å²) in [7, 11) is 2.99. The van der Waals surface area contributed by atoms with Crippen molar-refractivity contribution in [2.24, 2.45) is 0 Å². The first-order chi connectivity index (χ1) is 12.5. The Hall–Kier alpha value is -2.99. The van der Waals surface area contributed by atoms with Crippen LogP contribution >= 0.6 is 0 Å². The van der Waals surface area contributed by atoms with Crippen LogP contribution < -0.4 is 0 Å². The van der Waals surface area contributed by atoms with Crippen molar-refractivity contribution in [3.63, 3.8) is 0 Å². The molecule has 3 aromatic rings. The van der Waals surface area contributed by atoms with Gasteiger partial charge in [0.25, 0.3) is 0 Å². The lowest BCUT2D eigenvalue weighted by Crippen LogP contribution is -2.10. The second kappa shape index (κ2) is 7.49. The molecule has 0 aliphatic rings. The van der Waals surface area contributed by atoms with Crippen LogP contribution in [0.1, 0.15) is 34.8 Å². The van der Waals surface area contributed by atoms with Gasteiger partial charge in [-0.2, -0.15) is 5.10 Å². The lowest BCUT2D eigenvalue weighted by molar-refractivity contribution is 0.0600. The maximum absolute atomic E-state index is 12.2. The molecule has 3 rings (SSSR count). The van der Waals surface area contributed by atoms with Gasteiger partial charge in [0.15, 0.2) is 5.82 Å². The molecule has 1 aromatic heterocycles. The number of rotatable bonds is 5. The highest BCUT2D eigenvalue weighted by atomic mass is 16.5. The summed E-state index contributed by atoms with van der Waals surface area (Å²) in [6.07, 6.45) is 1.24. The molecule has 0 radical (unpaired) electrons. The summed E-state index contributed by atoms with van der Waals surface area (Å²) in [6.45, 7) is 3.93. The van der Waals surface area contributed by atoms with Gasteiger partial charge >= 0.3 is 5.97 Å². The summed E-state index contributed by atoms with van der Waals surface area (Å²) in [5, 5.41) is 4.30. The van der Waals surface area contributed by atoms with Gasteiger partial charge in [-0.1, -0.05) is 29.8 Å². The number of methoxy groups -OCH3 is 2. The monoisotopic (exact) mass is 351 g/mol. The predicted octanol–water partition coefficient (Wildman–Crippen LogP) is 3.74. The Morgan fingerprint density at radius 3 is 2.46 bits per heavy atom. The third-order valence-corrected chi connectivity index (χ3v) is 4.26. The van der Waals surface area contributed by atoms with Crippen molar-refractivity contribution in [1.29, 1.82) is 0 Å². The van der Waals surface area contributed by atoms with Gasteiger partial charge in [-0.05, 0) is 43.2 Å². The SMILES string of the molecule is COC(=O)c1cc(-c2ccc(C)cc2)cc(-n2ncnc2C(C)OC)c1.